The third kappa shape index (κ3) is 3.09. The zero-order valence-corrected chi connectivity index (χ0v) is 12.2. The van der Waals surface area contributed by atoms with E-state index in [0.29, 0.717) is 22.8 Å². The standard InChI is InChI=1S/C17H11N3O4/c21-16(22)14-8-2-6-12(19-14)10-4-1-5-11(18-10)13-7-3-9-15(20-13)17(23)24/h1-9H,(H,21,22)(H,23,24). The van der Waals surface area contributed by atoms with E-state index in [0.717, 1.165) is 0 Å². The Bertz CT molecular complexity index is 868. The van der Waals surface area contributed by atoms with Crippen LogP contribution in [0.3, 0.4) is 0 Å². The lowest BCUT2D eigenvalue weighted by Gasteiger charge is -2.05. The van der Waals surface area contributed by atoms with E-state index in [4.69, 9.17) is 10.2 Å². The molecule has 3 heterocycles. The summed E-state index contributed by atoms with van der Waals surface area (Å²) in [5.41, 5.74) is 1.60. The van der Waals surface area contributed by atoms with Crippen LogP contribution >= 0.6 is 0 Å². The molecule has 2 N–H and O–H groups in total. The molecule has 0 aromatic carbocycles. The maximum Gasteiger partial charge on any atom is 0.354 e. The molecule has 0 unspecified atom stereocenters. The first-order valence-electron chi connectivity index (χ1n) is 6.93. The molecule has 0 aliphatic carbocycles. The lowest BCUT2D eigenvalue weighted by molar-refractivity contribution is 0.0680. The Hall–Kier alpha value is -3.61. The van der Waals surface area contributed by atoms with Gasteiger partial charge in [0.15, 0.2) is 0 Å². The Balaban J connectivity index is 2.04. The van der Waals surface area contributed by atoms with Gasteiger partial charge in [0.25, 0.3) is 0 Å². The number of hydrogen-bond donors (Lipinski definition) is 2. The Kier molecular flexibility index (Phi) is 3.98. The summed E-state index contributed by atoms with van der Waals surface area (Å²) in [5.74, 6) is -2.24. The second kappa shape index (κ2) is 6.25. The van der Waals surface area contributed by atoms with Crippen LogP contribution in [-0.4, -0.2) is 37.1 Å². The third-order valence-corrected chi connectivity index (χ3v) is 3.21. The van der Waals surface area contributed by atoms with Crippen LogP contribution in [-0.2, 0) is 0 Å². The highest BCUT2D eigenvalue weighted by Crippen LogP contribution is 2.20. The average Bonchev–Trinajstić information content (AvgIpc) is 2.62. The van der Waals surface area contributed by atoms with Gasteiger partial charge >= 0.3 is 11.9 Å². The van der Waals surface area contributed by atoms with Crippen LogP contribution in [0.15, 0.2) is 54.6 Å². The van der Waals surface area contributed by atoms with Gasteiger partial charge in [0.2, 0.25) is 0 Å². The third-order valence-electron chi connectivity index (χ3n) is 3.21. The first kappa shape index (κ1) is 15.3. The summed E-state index contributed by atoms with van der Waals surface area (Å²) in [4.78, 5) is 34.5. The summed E-state index contributed by atoms with van der Waals surface area (Å²) in [7, 11) is 0. The molecule has 0 saturated heterocycles. The zero-order chi connectivity index (χ0) is 17.1. The van der Waals surface area contributed by atoms with Gasteiger partial charge in [-0.2, -0.15) is 0 Å². The van der Waals surface area contributed by atoms with Gasteiger partial charge in [0.05, 0.1) is 22.8 Å². The molecule has 3 aromatic rings. The van der Waals surface area contributed by atoms with E-state index in [1.54, 1.807) is 42.5 Å². The number of carbonyl (C=O) groups is 2. The molecule has 3 aromatic heterocycles. The van der Waals surface area contributed by atoms with E-state index in [9.17, 15) is 9.59 Å². The lowest BCUT2D eigenvalue weighted by Crippen LogP contribution is -2.02. The first-order valence-corrected chi connectivity index (χ1v) is 6.93. The normalized spacial score (nSPS) is 10.3. The van der Waals surface area contributed by atoms with Gasteiger partial charge in [-0.05, 0) is 36.4 Å². The molecule has 7 heteroatoms. The Morgan fingerprint density at radius 2 is 0.917 bits per heavy atom. The minimum atomic E-state index is -1.12. The molecule has 118 valence electrons. The first-order chi connectivity index (χ1) is 11.5. The summed E-state index contributed by atoms with van der Waals surface area (Å²) < 4.78 is 0. The number of pyridine rings is 3. The fraction of sp³-hybridized carbons (Fsp3) is 0. The number of rotatable bonds is 4. The number of aromatic nitrogens is 3. The van der Waals surface area contributed by atoms with Crippen molar-refractivity contribution in [3.05, 3.63) is 66.0 Å². The molecule has 0 atom stereocenters. The average molecular weight is 321 g/mol. The lowest BCUT2D eigenvalue weighted by atomic mass is 10.2. The monoisotopic (exact) mass is 321 g/mol. The van der Waals surface area contributed by atoms with Gasteiger partial charge in [-0.1, -0.05) is 18.2 Å². The van der Waals surface area contributed by atoms with E-state index < -0.39 is 11.9 Å². The molecule has 0 aliphatic rings. The van der Waals surface area contributed by atoms with Gasteiger partial charge in [0.1, 0.15) is 11.4 Å². The molecule has 0 radical (unpaired) electrons. The highest BCUT2D eigenvalue weighted by molar-refractivity contribution is 5.86. The molecule has 24 heavy (non-hydrogen) atoms. The van der Waals surface area contributed by atoms with Crippen molar-refractivity contribution in [3.63, 3.8) is 0 Å². The van der Waals surface area contributed by atoms with Crippen LogP contribution in [0.5, 0.6) is 0 Å². The van der Waals surface area contributed by atoms with E-state index in [1.807, 2.05) is 0 Å². The van der Waals surface area contributed by atoms with Crippen molar-refractivity contribution in [2.45, 2.75) is 0 Å². The highest BCUT2D eigenvalue weighted by atomic mass is 16.4. The van der Waals surface area contributed by atoms with Gasteiger partial charge < -0.3 is 10.2 Å². The molecule has 0 aliphatic heterocycles. The van der Waals surface area contributed by atoms with Gasteiger partial charge in [-0.15, -0.1) is 0 Å². The van der Waals surface area contributed by atoms with Crippen molar-refractivity contribution in [3.8, 4) is 22.8 Å². The second-order valence-corrected chi connectivity index (χ2v) is 4.83. The van der Waals surface area contributed by atoms with Gasteiger partial charge in [-0.3, -0.25) is 0 Å². The molecule has 0 spiro atoms. The van der Waals surface area contributed by atoms with Crippen LogP contribution in [0.2, 0.25) is 0 Å². The Morgan fingerprint density at radius 1 is 0.583 bits per heavy atom. The predicted molar refractivity (Wildman–Crippen MR) is 84.6 cm³/mol. The van der Waals surface area contributed by atoms with Gasteiger partial charge in [-0.25, -0.2) is 24.5 Å². The number of aromatic carboxylic acids is 2. The molecular formula is C17H11N3O4. The van der Waals surface area contributed by atoms with E-state index in [-0.39, 0.29) is 11.4 Å². The molecule has 0 bridgehead atoms. The summed E-state index contributed by atoms with van der Waals surface area (Å²) in [6.45, 7) is 0. The maximum absolute atomic E-state index is 11.0. The predicted octanol–water partition coefficient (Wildman–Crippen LogP) is 2.60. The van der Waals surface area contributed by atoms with Crippen molar-refractivity contribution < 1.29 is 19.8 Å². The van der Waals surface area contributed by atoms with Crippen molar-refractivity contribution in [2.24, 2.45) is 0 Å². The summed E-state index contributed by atoms with van der Waals surface area (Å²) in [6.07, 6.45) is 0. The fourth-order valence-corrected chi connectivity index (χ4v) is 2.11. The molecule has 0 amide bonds. The quantitative estimate of drug-likeness (QED) is 0.759. The minimum Gasteiger partial charge on any atom is -0.477 e. The number of carboxylic acid groups (broad SMARTS) is 2. The van der Waals surface area contributed by atoms with E-state index in [2.05, 4.69) is 15.0 Å². The van der Waals surface area contributed by atoms with E-state index >= 15 is 0 Å². The Labute approximate surface area is 136 Å². The Morgan fingerprint density at radius 3 is 1.29 bits per heavy atom. The van der Waals surface area contributed by atoms with E-state index in [1.165, 1.54) is 12.1 Å². The summed E-state index contributed by atoms with van der Waals surface area (Å²) >= 11 is 0. The summed E-state index contributed by atoms with van der Waals surface area (Å²) in [6, 6.07) is 14.4. The van der Waals surface area contributed by atoms with Crippen LogP contribution in [0.1, 0.15) is 21.0 Å². The van der Waals surface area contributed by atoms with Gasteiger partial charge in [0, 0.05) is 0 Å². The van der Waals surface area contributed by atoms with Crippen LogP contribution in [0.4, 0.5) is 0 Å². The number of carboxylic acids is 2. The zero-order valence-electron chi connectivity index (χ0n) is 12.2. The van der Waals surface area contributed by atoms with Crippen molar-refractivity contribution in [1.82, 2.24) is 15.0 Å². The minimum absolute atomic E-state index is 0.0781. The van der Waals surface area contributed by atoms with Crippen LogP contribution in [0.25, 0.3) is 22.8 Å². The highest BCUT2D eigenvalue weighted by Gasteiger charge is 2.11. The van der Waals surface area contributed by atoms with Crippen molar-refractivity contribution in [1.29, 1.82) is 0 Å². The summed E-state index contributed by atoms with van der Waals surface area (Å²) in [5, 5.41) is 18.0. The van der Waals surface area contributed by atoms with Crippen LogP contribution < -0.4 is 0 Å². The maximum atomic E-state index is 11.0. The van der Waals surface area contributed by atoms with Crippen molar-refractivity contribution in [2.75, 3.05) is 0 Å². The molecular weight excluding hydrogens is 310 g/mol. The molecule has 0 fully saturated rings. The van der Waals surface area contributed by atoms with Crippen molar-refractivity contribution >= 4 is 11.9 Å². The molecule has 3 rings (SSSR count). The molecule has 0 saturated carbocycles. The fourth-order valence-electron chi connectivity index (χ4n) is 2.11. The second-order valence-electron chi connectivity index (χ2n) is 4.83. The number of hydrogen-bond acceptors (Lipinski definition) is 5. The molecule has 7 nitrogen and oxygen atoms in total. The smallest absolute Gasteiger partial charge is 0.354 e. The van der Waals surface area contributed by atoms with Crippen LogP contribution in [0, 0.1) is 0 Å². The largest absolute Gasteiger partial charge is 0.477 e. The topological polar surface area (TPSA) is 113 Å². The number of nitrogens with zero attached hydrogens (tertiary/aromatic N) is 3. The SMILES string of the molecule is O=C(O)c1cccc(-c2cccc(-c3cccc(C(=O)O)n3)n2)n1.